The van der Waals surface area contributed by atoms with Crippen LogP contribution in [0.5, 0.6) is 11.5 Å². The molecule has 0 bridgehead atoms. The summed E-state index contributed by atoms with van der Waals surface area (Å²) in [6.45, 7) is 6.14. The van der Waals surface area contributed by atoms with E-state index < -0.39 is 16.0 Å². The first kappa shape index (κ1) is 20.0. The van der Waals surface area contributed by atoms with Crippen LogP contribution in [-0.2, 0) is 21.2 Å². The zero-order valence-electron chi connectivity index (χ0n) is 16.0. The molecule has 0 aromatic heterocycles. The lowest BCUT2D eigenvalue weighted by atomic mass is 10.1. The average molecular weight is 405 g/mol. The first-order chi connectivity index (χ1) is 13.3. The Morgan fingerprint density at radius 2 is 1.89 bits per heavy atom. The molecule has 0 saturated carbocycles. The monoisotopic (exact) mass is 405 g/mol. The second-order valence-electron chi connectivity index (χ2n) is 6.37. The number of rotatable bonds is 7. The highest BCUT2D eigenvalue weighted by Gasteiger charge is 2.24. The first-order valence-corrected chi connectivity index (χ1v) is 10.6. The smallest absolute Gasteiger partial charge is 0.338 e. The molecule has 1 aliphatic rings. The molecule has 0 saturated heterocycles. The minimum absolute atomic E-state index is 0.0257. The van der Waals surface area contributed by atoms with Gasteiger partial charge in [-0.25, -0.2) is 13.2 Å². The van der Waals surface area contributed by atoms with Crippen LogP contribution in [0.4, 0.5) is 5.69 Å². The van der Waals surface area contributed by atoms with Crippen LogP contribution in [0, 0.1) is 0 Å². The lowest BCUT2D eigenvalue weighted by Crippen LogP contribution is -2.14. The molecule has 8 heteroatoms. The van der Waals surface area contributed by atoms with E-state index in [-0.39, 0.29) is 23.2 Å². The molecule has 2 aromatic carbocycles. The molecule has 0 fully saturated rings. The number of esters is 1. The van der Waals surface area contributed by atoms with Gasteiger partial charge in [-0.3, -0.25) is 4.72 Å². The summed E-state index contributed by atoms with van der Waals surface area (Å²) in [5.41, 5.74) is 1.58. The van der Waals surface area contributed by atoms with Crippen molar-refractivity contribution in [2.45, 2.75) is 38.2 Å². The summed E-state index contributed by atoms with van der Waals surface area (Å²) >= 11 is 0. The highest BCUT2D eigenvalue weighted by atomic mass is 32.2. The molecule has 150 valence electrons. The van der Waals surface area contributed by atoms with Gasteiger partial charge < -0.3 is 14.2 Å². The first-order valence-electron chi connectivity index (χ1n) is 9.10. The predicted molar refractivity (Wildman–Crippen MR) is 105 cm³/mol. The van der Waals surface area contributed by atoms with Gasteiger partial charge >= 0.3 is 5.97 Å². The Kier molecular flexibility index (Phi) is 5.79. The molecule has 1 N–H and O–H groups in total. The molecule has 0 spiro atoms. The fourth-order valence-electron chi connectivity index (χ4n) is 2.98. The SMILES string of the molecule is CCOC(=O)c1ccc(S(=O)(=O)Nc2cc3c(cc2OCC)CC(C)O3)cc1. The number of carbonyl (C=O) groups excluding carboxylic acids is 1. The van der Waals surface area contributed by atoms with E-state index in [0.29, 0.717) is 23.8 Å². The highest BCUT2D eigenvalue weighted by Crippen LogP contribution is 2.38. The van der Waals surface area contributed by atoms with Crippen LogP contribution in [0.3, 0.4) is 0 Å². The minimum atomic E-state index is -3.88. The molecule has 1 heterocycles. The van der Waals surface area contributed by atoms with Crippen molar-refractivity contribution in [3.05, 3.63) is 47.5 Å². The Labute approximate surface area is 164 Å². The van der Waals surface area contributed by atoms with Gasteiger partial charge in [0.05, 0.1) is 29.4 Å². The van der Waals surface area contributed by atoms with Crippen molar-refractivity contribution in [2.24, 2.45) is 0 Å². The van der Waals surface area contributed by atoms with Gasteiger partial charge in [-0.05, 0) is 51.1 Å². The topological polar surface area (TPSA) is 90.9 Å². The largest absolute Gasteiger partial charge is 0.492 e. The standard InChI is InChI=1S/C20H23NO6S/c1-4-25-19-11-15-10-13(3)27-18(15)12-17(19)21-28(23,24)16-8-6-14(7-9-16)20(22)26-5-2/h6-9,11-13,21H,4-5,10H2,1-3H3. The maximum Gasteiger partial charge on any atom is 0.338 e. The van der Waals surface area contributed by atoms with Crippen molar-refractivity contribution in [1.29, 1.82) is 0 Å². The molecular formula is C20H23NO6S. The lowest BCUT2D eigenvalue weighted by molar-refractivity contribution is 0.0526. The van der Waals surface area contributed by atoms with Gasteiger partial charge in [-0.15, -0.1) is 0 Å². The normalized spacial score (nSPS) is 15.5. The molecule has 0 aliphatic carbocycles. The second kappa shape index (κ2) is 8.10. The lowest BCUT2D eigenvalue weighted by Gasteiger charge is -2.15. The molecule has 28 heavy (non-hydrogen) atoms. The fourth-order valence-corrected chi connectivity index (χ4v) is 4.04. The molecule has 3 rings (SSSR count). The average Bonchev–Trinajstić information content (AvgIpc) is 3.01. The van der Waals surface area contributed by atoms with Gasteiger partial charge in [0.2, 0.25) is 0 Å². The fraction of sp³-hybridized carbons (Fsp3) is 0.350. The van der Waals surface area contributed by atoms with Crippen LogP contribution < -0.4 is 14.2 Å². The minimum Gasteiger partial charge on any atom is -0.492 e. The van der Waals surface area contributed by atoms with Crippen molar-refractivity contribution in [1.82, 2.24) is 0 Å². The third-order valence-electron chi connectivity index (χ3n) is 4.22. The summed E-state index contributed by atoms with van der Waals surface area (Å²) in [6, 6.07) is 9.02. The van der Waals surface area contributed by atoms with E-state index in [4.69, 9.17) is 14.2 Å². The number of hydrogen-bond donors (Lipinski definition) is 1. The number of carbonyl (C=O) groups is 1. The third kappa shape index (κ3) is 4.22. The van der Waals surface area contributed by atoms with Crippen molar-refractivity contribution >= 4 is 21.7 Å². The Bertz CT molecular complexity index is 969. The molecule has 1 atom stereocenters. The summed E-state index contributed by atoms with van der Waals surface area (Å²) < 4.78 is 44.4. The van der Waals surface area contributed by atoms with Crippen LogP contribution in [0.15, 0.2) is 41.3 Å². The van der Waals surface area contributed by atoms with Crippen molar-refractivity contribution in [3.8, 4) is 11.5 Å². The molecule has 7 nitrogen and oxygen atoms in total. The predicted octanol–water partition coefficient (Wildman–Crippen LogP) is 3.39. The second-order valence-corrected chi connectivity index (χ2v) is 8.05. The van der Waals surface area contributed by atoms with E-state index in [1.807, 2.05) is 19.9 Å². The van der Waals surface area contributed by atoms with E-state index in [0.717, 1.165) is 12.0 Å². The Morgan fingerprint density at radius 1 is 1.18 bits per heavy atom. The van der Waals surface area contributed by atoms with Crippen LogP contribution >= 0.6 is 0 Å². The number of nitrogens with one attached hydrogen (secondary N) is 1. The van der Waals surface area contributed by atoms with Gasteiger partial charge in [0.1, 0.15) is 17.6 Å². The van der Waals surface area contributed by atoms with E-state index in [1.165, 1.54) is 24.3 Å². The Hall–Kier alpha value is -2.74. The molecule has 1 aliphatic heterocycles. The molecule has 0 amide bonds. The van der Waals surface area contributed by atoms with Gasteiger partial charge in [-0.2, -0.15) is 0 Å². The third-order valence-corrected chi connectivity index (χ3v) is 5.60. The van der Waals surface area contributed by atoms with Crippen LogP contribution in [0.25, 0.3) is 0 Å². The van der Waals surface area contributed by atoms with Crippen molar-refractivity contribution in [3.63, 3.8) is 0 Å². The quantitative estimate of drug-likeness (QED) is 0.710. The maximum atomic E-state index is 12.8. The van der Waals surface area contributed by atoms with Crippen molar-refractivity contribution in [2.75, 3.05) is 17.9 Å². The van der Waals surface area contributed by atoms with E-state index in [1.54, 1.807) is 13.0 Å². The molecular weight excluding hydrogens is 382 g/mol. The summed E-state index contributed by atoms with van der Waals surface area (Å²) in [7, 11) is -3.88. The van der Waals surface area contributed by atoms with Gasteiger partial charge in [-0.1, -0.05) is 0 Å². The highest BCUT2D eigenvalue weighted by molar-refractivity contribution is 7.92. The number of sulfonamides is 1. The van der Waals surface area contributed by atoms with E-state index in [2.05, 4.69) is 4.72 Å². The van der Waals surface area contributed by atoms with E-state index in [9.17, 15) is 13.2 Å². The Morgan fingerprint density at radius 3 is 2.54 bits per heavy atom. The van der Waals surface area contributed by atoms with Crippen LogP contribution in [-0.4, -0.2) is 33.7 Å². The summed E-state index contributed by atoms with van der Waals surface area (Å²) in [4.78, 5) is 11.8. The molecule has 0 radical (unpaired) electrons. The van der Waals surface area contributed by atoms with Gasteiger partial charge in [0.25, 0.3) is 10.0 Å². The number of fused-ring (bicyclic) bond motifs is 1. The molecule has 2 aromatic rings. The summed E-state index contributed by atoms with van der Waals surface area (Å²) in [6.07, 6.45) is 0.782. The van der Waals surface area contributed by atoms with Gasteiger partial charge in [0, 0.05) is 18.1 Å². The van der Waals surface area contributed by atoms with Crippen molar-refractivity contribution < 1.29 is 27.4 Å². The number of hydrogen-bond acceptors (Lipinski definition) is 6. The van der Waals surface area contributed by atoms with Gasteiger partial charge in [0.15, 0.2) is 0 Å². The zero-order valence-corrected chi connectivity index (χ0v) is 16.8. The zero-order chi connectivity index (χ0) is 20.3. The number of benzene rings is 2. The Balaban J connectivity index is 1.88. The van der Waals surface area contributed by atoms with E-state index >= 15 is 0 Å². The van der Waals surface area contributed by atoms with Crippen LogP contribution in [0.2, 0.25) is 0 Å². The number of ether oxygens (including phenoxy) is 3. The number of anilines is 1. The summed E-state index contributed by atoms with van der Waals surface area (Å²) in [5, 5.41) is 0. The van der Waals surface area contributed by atoms with Crippen LogP contribution in [0.1, 0.15) is 36.7 Å². The molecule has 1 unspecified atom stereocenters. The maximum absolute atomic E-state index is 12.8. The summed E-state index contributed by atoms with van der Waals surface area (Å²) in [5.74, 6) is 0.597.